The summed E-state index contributed by atoms with van der Waals surface area (Å²) in [6.45, 7) is 6.49. The number of carbonyl (C=O) groups is 1. The summed E-state index contributed by atoms with van der Waals surface area (Å²) in [6.07, 6.45) is 1.61. The van der Waals surface area contributed by atoms with Crippen LogP contribution in [0.25, 0.3) is 32.4 Å². The van der Waals surface area contributed by atoms with Crippen molar-refractivity contribution in [1.82, 2.24) is 14.5 Å². The molecule has 0 fully saturated rings. The highest BCUT2D eigenvalue weighted by molar-refractivity contribution is 7.16. The van der Waals surface area contributed by atoms with E-state index in [1.54, 1.807) is 17.7 Å². The van der Waals surface area contributed by atoms with Gasteiger partial charge >= 0.3 is 5.97 Å². The number of benzene rings is 1. The Hall–Kier alpha value is -2.73. The number of hydrogen-bond acceptors (Lipinski definition) is 5. The van der Waals surface area contributed by atoms with Crippen molar-refractivity contribution in [2.24, 2.45) is 0 Å². The number of nitrogens with zero attached hydrogens (tertiary/aromatic N) is 3. The number of esters is 1. The number of fused-ring (bicyclic) bond motifs is 2. The second-order valence-electron chi connectivity index (χ2n) is 6.23. The van der Waals surface area contributed by atoms with E-state index in [2.05, 4.69) is 41.2 Å². The maximum absolute atomic E-state index is 12.1. The minimum absolute atomic E-state index is 0.192. The lowest BCUT2D eigenvalue weighted by Gasteiger charge is -2.08. The number of thiophene rings is 1. The van der Waals surface area contributed by atoms with Crippen molar-refractivity contribution >= 4 is 38.4 Å². The monoisotopic (exact) mass is 365 g/mol. The van der Waals surface area contributed by atoms with Gasteiger partial charge in [-0.2, -0.15) is 0 Å². The number of hydrogen-bond donors (Lipinski definition) is 0. The van der Waals surface area contributed by atoms with Gasteiger partial charge in [-0.3, -0.25) is 4.79 Å². The Morgan fingerprint density at radius 1 is 1.19 bits per heavy atom. The highest BCUT2D eigenvalue weighted by Gasteiger charge is 2.20. The molecule has 0 N–H and O–H groups in total. The molecule has 5 nitrogen and oxygen atoms in total. The number of ether oxygens (including phenoxy) is 1. The normalized spacial score (nSPS) is 11.3. The van der Waals surface area contributed by atoms with Crippen LogP contribution in [0.4, 0.5) is 0 Å². The van der Waals surface area contributed by atoms with Crippen LogP contribution in [-0.4, -0.2) is 27.1 Å². The van der Waals surface area contributed by atoms with E-state index in [9.17, 15) is 4.79 Å². The number of carbonyl (C=O) groups excluding carboxylic acids is 1. The summed E-state index contributed by atoms with van der Waals surface area (Å²) in [6, 6.07) is 8.33. The minimum atomic E-state index is -0.233. The van der Waals surface area contributed by atoms with Crippen LogP contribution in [0.1, 0.15) is 18.2 Å². The van der Waals surface area contributed by atoms with E-state index in [-0.39, 0.29) is 12.5 Å². The molecular weight excluding hydrogens is 346 g/mol. The van der Waals surface area contributed by atoms with E-state index >= 15 is 0 Å². The molecule has 3 heterocycles. The van der Waals surface area contributed by atoms with Crippen LogP contribution in [0.15, 0.2) is 36.0 Å². The van der Waals surface area contributed by atoms with Gasteiger partial charge < -0.3 is 9.30 Å². The van der Waals surface area contributed by atoms with Crippen molar-refractivity contribution in [3.8, 4) is 11.3 Å². The van der Waals surface area contributed by atoms with E-state index in [0.717, 1.165) is 38.1 Å². The average Bonchev–Trinajstić information content (AvgIpc) is 3.19. The fourth-order valence-corrected chi connectivity index (χ4v) is 4.16. The first kappa shape index (κ1) is 16.7. The molecule has 0 spiro atoms. The maximum Gasteiger partial charge on any atom is 0.325 e. The van der Waals surface area contributed by atoms with Crippen molar-refractivity contribution in [2.75, 3.05) is 6.61 Å². The summed E-state index contributed by atoms with van der Waals surface area (Å²) >= 11 is 1.60. The van der Waals surface area contributed by atoms with Crippen LogP contribution in [0.3, 0.4) is 0 Å². The largest absolute Gasteiger partial charge is 0.465 e. The molecule has 0 saturated carbocycles. The van der Waals surface area contributed by atoms with Crippen LogP contribution in [-0.2, 0) is 16.1 Å². The van der Waals surface area contributed by atoms with Crippen LogP contribution < -0.4 is 0 Å². The van der Waals surface area contributed by atoms with E-state index in [0.29, 0.717) is 6.61 Å². The van der Waals surface area contributed by atoms with Crippen molar-refractivity contribution in [2.45, 2.75) is 27.3 Å². The van der Waals surface area contributed by atoms with E-state index in [1.807, 2.05) is 23.8 Å². The Morgan fingerprint density at radius 3 is 2.85 bits per heavy atom. The molecule has 0 aliphatic rings. The summed E-state index contributed by atoms with van der Waals surface area (Å²) in [5.74, 6) is -0.233. The zero-order valence-corrected chi connectivity index (χ0v) is 15.8. The molecule has 0 bridgehead atoms. The summed E-state index contributed by atoms with van der Waals surface area (Å²) < 4.78 is 7.18. The number of rotatable bonds is 4. The lowest BCUT2D eigenvalue weighted by Crippen LogP contribution is -2.14. The van der Waals surface area contributed by atoms with Gasteiger partial charge in [-0.1, -0.05) is 11.6 Å². The molecule has 0 unspecified atom stereocenters. The molecule has 6 heteroatoms. The third-order valence-corrected chi connectivity index (χ3v) is 5.39. The molecule has 1 aromatic carbocycles. The van der Waals surface area contributed by atoms with Gasteiger partial charge in [0.15, 0.2) is 0 Å². The Labute approximate surface area is 155 Å². The minimum Gasteiger partial charge on any atom is -0.465 e. The van der Waals surface area contributed by atoms with E-state index in [1.165, 1.54) is 5.56 Å². The van der Waals surface area contributed by atoms with Gasteiger partial charge in [-0.05, 0) is 44.4 Å². The standard InChI is InChI=1S/C20H19N3O2S/c1-4-25-17(24)10-23-13(3)18(15-9-12(2)5-6-16(15)23)19-14-7-8-26-20(14)22-11-21-19/h5-9,11H,4,10H2,1-3H3. The highest BCUT2D eigenvalue weighted by Crippen LogP contribution is 2.38. The predicted molar refractivity (Wildman–Crippen MR) is 104 cm³/mol. The molecule has 0 amide bonds. The molecule has 3 aromatic heterocycles. The van der Waals surface area contributed by atoms with Crippen LogP contribution in [0.5, 0.6) is 0 Å². The van der Waals surface area contributed by atoms with Gasteiger partial charge in [0.2, 0.25) is 0 Å². The number of aryl methyl sites for hydroxylation is 1. The first-order chi connectivity index (χ1) is 12.6. The van der Waals surface area contributed by atoms with Crippen molar-refractivity contribution in [3.63, 3.8) is 0 Å². The quantitative estimate of drug-likeness (QED) is 0.500. The van der Waals surface area contributed by atoms with Gasteiger partial charge in [0.1, 0.15) is 17.7 Å². The maximum atomic E-state index is 12.1. The third-order valence-electron chi connectivity index (χ3n) is 4.57. The summed E-state index contributed by atoms with van der Waals surface area (Å²) in [5, 5.41) is 4.16. The molecule has 132 valence electrons. The molecule has 0 saturated heterocycles. The second kappa shape index (κ2) is 6.53. The Balaban J connectivity index is 2.00. The van der Waals surface area contributed by atoms with Crippen molar-refractivity contribution < 1.29 is 9.53 Å². The van der Waals surface area contributed by atoms with Crippen LogP contribution in [0, 0.1) is 13.8 Å². The van der Waals surface area contributed by atoms with Crippen LogP contribution in [0.2, 0.25) is 0 Å². The molecule has 4 rings (SSSR count). The zero-order valence-electron chi connectivity index (χ0n) is 14.9. The molecule has 0 aliphatic carbocycles. The molecule has 4 aromatic rings. The lowest BCUT2D eigenvalue weighted by molar-refractivity contribution is -0.143. The molecule has 26 heavy (non-hydrogen) atoms. The SMILES string of the molecule is CCOC(=O)Cn1c(C)c(-c2ncnc3sccc23)c2cc(C)ccc21. The van der Waals surface area contributed by atoms with Gasteiger partial charge in [-0.15, -0.1) is 11.3 Å². The molecule has 0 radical (unpaired) electrons. The van der Waals surface area contributed by atoms with Crippen LogP contribution >= 0.6 is 11.3 Å². The van der Waals surface area contributed by atoms with Crippen molar-refractivity contribution in [1.29, 1.82) is 0 Å². The molecule has 0 atom stereocenters. The van der Waals surface area contributed by atoms with Gasteiger partial charge in [0.05, 0.1) is 12.3 Å². The summed E-state index contributed by atoms with van der Waals surface area (Å²) in [7, 11) is 0. The lowest BCUT2D eigenvalue weighted by atomic mass is 10.0. The first-order valence-electron chi connectivity index (χ1n) is 8.53. The van der Waals surface area contributed by atoms with Gasteiger partial charge in [0.25, 0.3) is 0 Å². The Morgan fingerprint density at radius 2 is 2.04 bits per heavy atom. The Kier molecular flexibility index (Phi) is 4.20. The first-order valence-corrected chi connectivity index (χ1v) is 9.41. The fraction of sp³-hybridized carbons (Fsp3) is 0.250. The zero-order chi connectivity index (χ0) is 18.3. The molecular formula is C20H19N3O2S. The predicted octanol–water partition coefficient (Wildman–Crippen LogP) is 4.49. The topological polar surface area (TPSA) is 57.0 Å². The third kappa shape index (κ3) is 2.66. The average molecular weight is 365 g/mol. The van der Waals surface area contributed by atoms with E-state index < -0.39 is 0 Å². The van der Waals surface area contributed by atoms with Gasteiger partial charge in [-0.25, -0.2) is 9.97 Å². The van der Waals surface area contributed by atoms with E-state index in [4.69, 9.17) is 4.74 Å². The highest BCUT2D eigenvalue weighted by atomic mass is 32.1. The smallest absolute Gasteiger partial charge is 0.325 e. The van der Waals surface area contributed by atoms with Crippen molar-refractivity contribution in [3.05, 3.63) is 47.2 Å². The summed E-state index contributed by atoms with van der Waals surface area (Å²) in [4.78, 5) is 22.0. The number of aromatic nitrogens is 3. The summed E-state index contributed by atoms with van der Waals surface area (Å²) in [5.41, 5.74) is 5.15. The second-order valence-corrected chi connectivity index (χ2v) is 7.13. The fourth-order valence-electron chi connectivity index (χ4n) is 3.42. The Bertz CT molecular complexity index is 1130. The molecule has 0 aliphatic heterocycles. The van der Waals surface area contributed by atoms with Gasteiger partial charge in [0, 0.05) is 27.5 Å².